The molecule has 3 rings (SSSR count). The Balaban J connectivity index is 2.11. The molecule has 1 N–H and O–H groups in total. The van der Waals surface area contributed by atoms with Crippen LogP contribution in [0.1, 0.15) is 29.7 Å². The van der Waals surface area contributed by atoms with Crippen LogP contribution in [0.4, 0.5) is 0 Å². The maximum atomic E-state index is 5.46. The Morgan fingerprint density at radius 2 is 1.67 bits per heavy atom. The molecule has 110 valence electrons. The highest BCUT2D eigenvalue weighted by Gasteiger charge is 2.27. The number of benzene rings is 2. The van der Waals surface area contributed by atoms with Gasteiger partial charge in [0.2, 0.25) is 0 Å². The highest BCUT2D eigenvalue weighted by atomic mass is 16.5. The minimum Gasteiger partial charge on any atom is -0.493 e. The number of hydrogen-bond donors (Lipinski definition) is 1. The van der Waals surface area contributed by atoms with E-state index in [4.69, 9.17) is 9.47 Å². The molecule has 0 bridgehead atoms. The van der Waals surface area contributed by atoms with Gasteiger partial charge in [0, 0.05) is 6.04 Å². The third kappa shape index (κ3) is 2.61. The maximum Gasteiger partial charge on any atom is 0.161 e. The fourth-order valence-electron chi connectivity index (χ4n) is 3.07. The zero-order valence-electron chi connectivity index (χ0n) is 12.7. The quantitative estimate of drug-likeness (QED) is 0.937. The van der Waals surface area contributed by atoms with Gasteiger partial charge in [-0.05, 0) is 42.2 Å². The van der Waals surface area contributed by atoms with Crippen LogP contribution < -0.4 is 14.8 Å². The molecule has 3 heteroatoms. The van der Waals surface area contributed by atoms with Crippen molar-refractivity contribution in [2.45, 2.75) is 25.4 Å². The summed E-state index contributed by atoms with van der Waals surface area (Å²) in [6.07, 6.45) is 0.999. The molecular weight excluding hydrogens is 262 g/mol. The monoisotopic (exact) mass is 283 g/mol. The average molecular weight is 283 g/mol. The van der Waals surface area contributed by atoms with Crippen molar-refractivity contribution in [3.63, 3.8) is 0 Å². The number of nitrogens with one attached hydrogen (secondary N) is 1. The summed E-state index contributed by atoms with van der Waals surface area (Å²) in [7, 11) is 3.37. The number of methoxy groups -OCH3 is 2. The lowest BCUT2D eigenvalue weighted by atomic mass is 9.86. The Hall–Kier alpha value is -2.00. The van der Waals surface area contributed by atoms with Crippen molar-refractivity contribution in [3.8, 4) is 11.5 Å². The normalized spacial score (nSPS) is 20.7. The fraction of sp³-hybridized carbons (Fsp3) is 0.333. The predicted molar refractivity (Wildman–Crippen MR) is 84.1 cm³/mol. The van der Waals surface area contributed by atoms with Crippen LogP contribution in [0.5, 0.6) is 11.5 Å². The van der Waals surface area contributed by atoms with Crippen molar-refractivity contribution in [1.82, 2.24) is 5.32 Å². The molecule has 2 aromatic rings. The van der Waals surface area contributed by atoms with E-state index < -0.39 is 0 Å². The summed E-state index contributed by atoms with van der Waals surface area (Å²) < 4.78 is 10.9. The molecule has 2 unspecified atom stereocenters. The van der Waals surface area contributed by atoms with Crippen LogP contribution in [0.25, 0.3) is 0 Å². The van der Waals surface area contributed by atoms with E-state index >= 15 is 0 Å². The molecular formula is C18H21NO2. The van der Waals surface area contributed by atoms with Gasteiger partial charge < -0.3 is 14.8 Å². The Morgan fingerprint density at radius 1 is 1.00 bits per heavy atom. The van der Waals surface area contributed by atoms with Gasteiger partial charge in [-0.2, -0.15) is 0 Å². The molecule has 1 aliphatic rings. The topological polar surface area (TPSA) is 30.5 Å². The van der Waals surface area contributed by atoms with Crippen molar-refractivity contribution in [3.05, 3.63) is 59.2 Å². The molecule has 2 aromatic carbocycles. The van der Waals surface area contributed by atoms with E-state index in [0.717, 1.165) is 17.9 Å². The van der Waals surface area contributed by atoms with Gasteiger partial charge in [0.1, 0.15) is 0 Å². The first-order valence-corrected chi connectivity index (χ1v) is 7.28. The Bertz CT molecular complexity index is 625. The number of ether oxygens (including phenoxy) is 2. The Kier molecular flexibility index (Phi) is 3.84. The third-order valence-corrected chi connectivity index (χ3v) is 4.07. The van der Waals surface area contributed by atoms with Gasteiger partial charge in [0.05, 0.1) is 20.3 Å². The van der Waals surface area contributed by atoms with Crippen LogP contribution in [-0.2, 0) is 6.42 Å². The number of fused-ring (bicyclic) bond motifs is 1. The Morgan fingerprint density at radius 3 is 2.33 bits per heavy atom. The van der Waals surface area contributed by atoms with Crippen LogP contribution in [0.3, 0.4) is 0 Å². The van der Waals surface area contributed by atoms with E-state index in [0.29, 0.717) is 6.04 Å². The second-order valence-corrected chi connectivity index (χ2v) is 5.52. The molecule has 0 radical (unpaired) electrons. The molecule has 0 saturated heterocycles. The minimum absolute atomic E-state index is 0.199. The zero-order chi connectivity index (χ0) is 14.8. The summed E-state index contributed by atoms with van der Waals surface area (Å²) in [4.78, 5) is 0. The summed E-state index contributed by atoms with van der Waals surface area (Å²) in [5, 5.41) is 3.68. The molecule has 0 aromatic heterocycles. The van der Waals surface area contributed by atoms with E-state index in [1.165, 1.54) is 16.7 Å². The van der Waals surface area contributed by atoms with Gasteiger partial charge in [-0.15, -0.1) is 0 Å². The van der Waals surface area contributed by atoms with E-state index in [1.807, 2.05) is 6.07 Å². The van der Waals surface area contributed by atoms with Gasteiger partial charge in [0.25, 0.3) is 0 Å². The SMILES string of the molecule is COc1cc2c(cc1OC)C(c1ccccc1)NC(C)C2. The minimum atomic E-state index is 0.199. The smallest absolute Gasteiger partial charge is 0.161 e. The predicted octanol–water partition coefficient (Wildman–Crippen LogP) is 3.33. The molecule has 3 nitrogen and oxygen atoms in total. The first-order chi connectivity index (χ1) is 10.2. The lowest BCUT2D eigenvalue weighted by Crippen LogP contribution is -2.37. The summed E-state index contributed by atoms with van der Waals surface area (Å²) in [6.45, 7) is 2.22. The molecule has 0 saturated carbocycles. The molecule has 21 heavy (non-hydrogen) atoms. The van der Waals surface area contributed by atoms with E-state index in [1.54, 1.807) is 14.2 Å². The molecule has 0 spiro atoms. The molecule has 0 fully saturated rings. The second-order valence-electron chi connectivity index (χ2n) is 5.52. The van der Waals surface area contributed by atoms with Crippen molar-refractivity contribution in [2.75, 3.05) is 14.2 Å². The third-order valence-electron chi connectivity index (χ3n) is 4.07. The van der Waals surface area contributed by atoms with Crippen LogP contribution in [-0.4, -0.2) is 20.3 Å². The number of hydrogen-bond acceptors (Lipinski definition) is 3. The van der Waals surface area contributed by atoms with Gasteiger partial charge in [0.15, 0.2) is 11.5 Å². The van der Waals surface area contributed by atoms with Crippen molar-refractivity contribution in [1.29, 1.82) is 0 Å². The molecule has 0 aliphatic carbocycles. The summed E-state index contributed by atoms with van der Waals surface area (Å²) >= 11 is 0. The van der Waals surface area contributed by atoms with Gasteiger partial charge >= 0.3 is 0 Å². The average Bonchev–Trinajstić information content (AvgIpc) is 2.53. The second kappa shape index (κ2) is 5.78. The molecule has 2 atom stereocenters. The van der Waals surface area contributed by atoms with E-state index in [-0.39, 0.29) is 6.04 Å². The number of rotatable bonds is 3. The summed E-state index contributed by atoms with van der Waals surface area (Å²) in [6, 6.07) is 15.4. The fourth-order valence-corrected chi connectivity index (χ4v) is 3.07. The summed E-state index contributed by atoms with van der Waals surface area (Å²) in [5.74, 6) is 1.59. The van der Waals surface area contributed by atoms with Crippen LogP contribution in [0, 0.1) is 0 Å². The van der Waals surface area contributed by atoms with E-state index in [9.17, 15) is 0 Å². The molecule has 0 amide bonds. The van der Waals surface area contributed by atoms with Crippen LogP contribution in [0.2, 0.25) is 0 Å². The van der Waals surface area contributed by atoms with Gasteiger partial charge in [-0.1, -0.05) is 30.3 Å². The van der Waals surface area contributed by atoms with Gasteiger partial charge in [-0.25, -0.2) is 0 Å². The largest absolute Gasteiger partial charge is 0.493 e. The standard InChI is InChI=1S/C18H21NO2/c1-12-9-14-10-16(20-2)17(21-3)11-15(14)18(19-12)13-7-5-4-6-8-13/h4-8,10-12,18-19H,9H2,1-3H3. The van der Waals surface area contributed by atoms with E-state index in [2.05, 4.69) is 48.6 Å². The zero-order valence-corrected chi connectivity index (χ0v) is 12.7. The first kappa shape index (κ1) is 14.0. The lowest BCUT2D eigenvalue weighted by molar-refractivity contribution is 0.351. The summed E-state index contributed by atoms with van der Waals surface area (Å²) in [5.41, 5.74) is 3.88. The molecule has 1 aliphatic heterocycles. The van der Waals surface area contributed by atoms with Gasteiger partial charge in [-0.3, -0.25) is 0 Å². The Labute approximate surface area is 125 Å². The van der Waals surface area contributed by atoms with Crippen LogP contribution in [0.15, 0.2) is 42.5 Å². The highest BCUT2D eigenvalue weighted by molar-refractivity contribution is 5.51. The first-order valence-electron chi connectivity index (χ1n) is 7.28. The van der Waals surface area contributed by atoms with Crippen molar-refractivity contribution >= 4 is 0 Å². The highest BCUT2D eigenvalue weighted by Crippen LogP contribution is 2.38. The van der Waals surface area contributed by atoms with Crippen molar-refractivity contribution in [2.24, 2.45) is 0 Å². The lowest BCUT2D eigenvalue weighted by Gasteiger charge is -2.32. The van der Waals surface area contributed by atoms with Crippen LogP contribution >= 0.6 is 0 Å². The maximum absolute atomic E-state index is 5.46. The molecule has 1 heterocycles. The van der Waals surface area contributed by atoms with Crippen molar-refractivity contribution < 1.29 is 9.47 Å².